The van der Waals surface area contributed by atoms with Crippen LogP contribution >= 0.6 is 27.5 Å². The SMILES string of the molecule is COc1cc2c(Nc3ccc(Br)cc3Cl)nc(F)nc2cc1OCC1CCN(C)CC1. The molecule has 1 aromatic heterocycles. The molecule has 0 atom stereocenters. The standard InChI is InChI=1S/C22H23BrClFN4O2/c1-29-7-5-13(6-8-29)12-31-20-11-18-15(10-19(20)30-2)21(28-22(25)27-18)26-17-4-3-14(23)9-16(17)24/h3-4,9-11,13H,5-8,12H2,1-2H3,(H,26,27,28). The van der Waals surface area contributed by atoms with E-state index in [0.29, 0.717) is 51.5 Å². The lowest BCUT2D eigenvalue weighted by Crippen LogP contribution is -2.32. The van der Waals surface area contributed by atoms with Gasteiger partial charge < -0.3 is 19.7 Å². The molecule has 4 rings (SSSR count). The summed E-state index contributed by atoms with van der Waals surface area (Å²) >= 11 is 9.68. The van der Waals surface area contributed by atoms with Gasteiger partial charge in [0.05, 0.1) is 29.9 Å². The van der Waals surface area contributed by atoms with Gasteiger partial charge >= 0.3 is 6.08 Å². The van der Waals surface area contributed by atoms with Crippen molar-refractivity contribution in [2.45, 2.75) is 12.8 Å². The van der Waals surface area contributed by atoms with E-state index in [9.17, 15) is 4.39 Å². The van der Waals surface area contributed by atoms with E-state index in [1.54, 1.807) is 31.4 Å². The van der Waals surface area contributed by atoms with Gasteiger partial charge in [0, 0.05) is 15.9 Å². The number of fused-ring (bicyclic) bond motifs is 1. The van der Waals surface area contributed by atoms with E-state index in [0.717, 1.165) is 30.4 Å². The predicted molar refractivity (Wildman–Crippen MR) is 124 cm³/mol. The van der Waals surface area contributed by atoms with E-state index >= 15 is 0 Å². The van der Waals surface area contributed by atoms with Gasteiger partial charge in [-0.2, -0.15) is 9.37 Å². The van der Waals surface area contributed by atoms with Crippen molar-refractivity contribution in [2.75, 3.05) is 39.2 Å². The van der Waals surface area contributed by atoms with Gasteiger partial charge in [-0.25, -0.2) is 4.98 Å². The van der Waals surface area contributed by atoms with Crippen LogP contribution in [0.25, 0.3) is 10.9 Å². The van der Waals surface area contributed by atoms with Crippen LogP contribution in [-0.2, 0) is 0 Å². The van der Waals surface area contributed by atoms with E-state index in [2.05, 4.69) is 43.2 Å². The van der Waals surface area contributed by atoms with Crippen LogP contribution in [0.5, 0.6) is 11.5 Å². The van der Waals surface area contributed by atoms with Gasteiger partial charge in [-0.15, -0.1) is 0 Å². The largest absolute Gasteiger partial charge is 0.493 e. The highest BCUT2D eigenvalue weighted by atomic mass is 79.9. The summed E-state index contributed by atoms with van der Waals surface area (Å²) in [6.45, 7) is 2.72. The summed E-state index contributed by atoms with van der Waals surface area (Å²) in [5.74, 6) is 1.86. The molecule has 31 heavy (non-hydrogen) atoms. The zero-order valence-corrected chi connectivity index (χ0v) is 19.6. The number of aromatic nitrogens is 2. The third-order valence-electron chi connectivity index (χ3n) is 5.45. The number of hydrogen-bond acceptors (Lipinski definition) is 6. The summed E-state index contributed by atoms with van der Waals surface area (Å²) < 4.78 is 26.7. The van der Waals surface area contributed by atoms with Gasteiger partial charge in [0.1, 0.15) is 5.82 Å². The van der Waals surface area contributed by atoms with Gasteiger partial charge in [0.25, 0.3) is 0 Å². The lowest BCUT2D eigenvalue weighted by atomic mass is 9.98. The number of halogens is 3. The molecule has 0 bridgehead atoms. The van der Waals surface area contributed by atoms with Crippen LogP contribution in [0.2, 0.25) is 5.02 Å². The third kappa shape index (κ3) is 5.19. The van der Waals surface area contributed by atoms with Crippen molar-refractivity contribution in [1.82, 2.24) is 14.9 Å². The normalized spacial score (nSPS) is 15.3. The first-order valence-electron chi connectivity index (χ1n) is 10.0. The van der Waals surface area contributed by atoms with Gasteiger partial charge in [-0.3, -0.25) is 0 Å². The highest BCUT2D eigenvalue weighted by Crippen LogP contribution is 2.37. The Labute approximate surface area is 193 Å². The summed E-state index contributed by atoms with van der Waals surface area (Å²) in [5, 5.41) is 4.18. The highest BCUT2D eigenvalue weighted by Gasteiger charge is 2.19. The Balaban J connectivity index is 1.63. The van der Waals surface area contributed by atoms with Crippen LogP contribution < -0.4 is 14.8 Å². The van der Waals surface area contributed by atoms with E-state index < -0.39 is 6.08 Å². The molecule has 2 heterocycles. The summed E-state index contributed by atoms with van der Waals surface area (Å²) in [5.41, 5.74) is 1.02. The quantitative estimate of drug-likeness (QED) is 0.433. The molecule has 0 saturated carbocycles. The first-order chi connectivity index (χ1) is 14.9. The van der Waals surface area contributed by atoms with Crippen molar-refractivity contribution >= 4 is 49.9 Å². The Morgan fingerprint density at radius 2 is 1.97 bits per heavy atom. The van der Waals surface area contributed by atoms with E-state index in [-0.39, 0.29) is 0 Å². The molecule has 1 aliphatic rings. The number of nitrogens with zero attached hydrogens (tertiary/aromatic N) is 3. The molecule has 0 amide bonds. The molecular weight excluding hydrogens is 487 g/mol. The molecule has 0 aliphatic carbocycles. The molecular formula is C22H23BrClFN4O2. The van der Waals surface area contributed by atoms with Crippen molar-refractivity contribution in [3.8, 4) is 11.5 Å². The minimum atomic E-state index is -0.838. The molecule has 1 fully saturated rings. The second-order valence-corrected chi connectivity index (χ2v) is 8.99. The number of nitrogens with one attached hydrogen (secondary N) is 1. The predicted octanol–water partition coefficient (Wildman–Crippen LogP) is 5.66. The average Bonchev–Trinajstić information content (AvgIpc) is 2.74. The molecule has 1 N–H and O–H groups in total. The molecule has 2 aromatic carbocycles. The van der Waals surface area contributed by atoms with Crippen molar-refractivity contribution in [3.05, 3.63) is 45.9 Å². The number of ether oxygens (including phenoxy) is 2. The van der Waals surface area contributed by atoms with Gasteiger partial charge in [0.15, 0.2) is 11.5 Å². The maximum Gasteiger partial charge on any atom is 0.311 e. The fraction of sp³-hybridized carbons (Fsp3) is 0.364. The Morgan fingerprint density at radius 3 is 2.68 bits per heavy atom. The number of methoxy groups -OCH3 is 1. The summed E-state index contributed by atoms with van der Waals surface area (Å²) in [6.07, 6.45) is 1.34. The fourth-order valence-electron chi connectivity index (χ4n) is 3.63. The molecule has 6 nitrogen and oxygen atoms in total. The summed E-state index contributed by atoms with van der Waals surface area (Å²) in [6, 6.07) is 8.83. The van der Waals surface area contributed by atoms with Crippen LogP contribution in [0.4, 0.5) is 15.9 Å². The zero-order chi connectivity index (χ0) is 22.0. The van der Waals surface area contributed by atoms with Crippen LogP contribution in [0.3, 0.4) is 0 Å². The van der Waals surface area contributed by atoms with E-state index in [1.807, 2.05) is 6.07 Å². The van der Waals surface area contributed by atoms with Gasteiger partial charge in [-0.05, 0) is 63.2 Å². The second kappa shape index (κ2) is 9.54. The first kappa shape index (κ1) is 22.0. The molecule has 9 heteroatoms. The van der Waals surface area contributed by atoms with Crippen LogP contribution in [0, 0.1) is 12.0 Å². The average molecular weight is 510 g/mol. The third-order valence-corrected chi connectivity index (χ3v) is 6.26. The number of rotatable bonds is 6. The Bertz CT molecular complexity index is 1090. The second-order valence-electron chi connectivity index (χ2n) is 7.67. The monoisotopic (exact) mass is 508 g/mol. The van der Waals surface area contributed by atoms with E-state index in [4.69, 9.17) is 21.1 Å². The van der Waals surface area contributed by atoms with E-state index in [1.165, 1.54) is 0 Å². The van der Waals surface area contributed by atoms with Crippen LogP contribution in [0.15, 0.2) is 34.8 Å². The lowest BCUT2D eigenvalue weighted by Gasteiger charge is -2.28. The maximum absolute atomic E-state index is 14.2. The minimum Gasteiger partial charge on any atom is -0.493 e. The number of hydrogen-bond donors (Lipinski definition) is 1. The first-order valence-corrected chi connectivity index (χ1v) is 11.2. The van der Waals surface area contributed by atoms with Gasteiger partial charge in [-0.1, -0.05) is 27.5 Å². The molecule has 1 saturated heterocycles. The molecule has 0 radical (unpaired) electrons. The fourth-order valence-corrected chi connectivity index (χ4v) is 4.35. The van der Waals surface area contributed by atoms with Crippen molar-refractivity contribution in [1.29, 1.82) is 0 Å². The lowest BCUT2D eigenvalue weighted by molar-refractivity contribution is 0.157. The van der Waals surface area contributed by atoms with Crippen molar-refractivity contribution in [3.63, 3.8) is 0 Å². The highest BCUT2D eigenvalue weighted by molar-refractivity contribution is 9.10. The number of likely N-dealkylation sites (tertiary alicyclic amines) is 1. The molecule has 0 spiro atoms. The van der Waals surface area contributed by atoms with Crippen molar-refractivity contribution < 1.29 is 13.9 Å². The number of anilines is 2. The minimum absolute atomic E-state index is 0.298. The maximum atomic E-state index is 14.2. The topological polar surface area (TPSA) is 59.5 Å². The van der Waals surface area contributed by atoms with Crippen molar-refractivity contribution in [2.24, 2.45) is 5.92 Å². The summed E-state index contributed by atoms with van der Waals surface area (Å²) in [7, 11) is 3.71. The number of benzene rings is 2. The summed E-state index contributed by atoms with van der Waals surface area (Å²) in [4.78, 5) is 10.2. The molecule has 3 aromatic rings. The Kier molecular flexibility index (Phi) is 6.79. The van der Waals surface area contributed by atoms with Crippen LogP contribution in [0.1, 0.15) is 12.8 Å². The Hall–Kier alpha value is -2.16. The van der Waals surface area contributed by atoms with Gasteiger partial charge in [0.2, 0.25) is 0 Å². The van der Waals surface area contributed by atoms with Crippen LogP contribution in [-0.4, -0.2) is 48.7 Å². The molecule has 1 aliphatic heterocycles. The molecule has 164 valence electrons. The molecule has 0 unspecified atom stereocenters. The Morgan fingerprint density at radius 1 is 1.19 bits per heavy atom. The zero-order valence-electron chi connectivity index (χ0n) is 17.3. The number of piperidine rings is 1. The smallest absolute Gasteiger partial charge is 0.311 e.